The van der Waals surface area contributed by atoms with Crippen LogP contribution in [0.1, 0.15) is 11.7 Å². The third-order valence-corrected chi connectivity index (χ3v) is 4.16. The molecule has 0 bridgehead atoms. The van der Waals surface area contributed by atoms with Crippen LogP contribution in [0.3, 0.4) is 0 Å². The highest BCUT2D eigenvalue weighted by atomic mass is 79.9. The number of hydrogen-bond acceptors (Lipinski definition) is 6. The van der Waals surface area contributed by atoms with Crippen LogP contribution in [0, 0.1) is 0 Å². The maximum Gasteiger partial charge on any atom is 0.232 e. The molecule has 2 heterocycles. The smallest absolute Gasteiger partial charge is 0.232 e. The van der Waals surface area contributed by atoms with E-state index < -0.39 is 0 Å². The zero-order chi connectivity index (χ0) is 16.9. The van der Waals surface area contributed by atoms with E-state index in [1.165, 1.54) is 0 Å². The molecule has 1 aliphatic heterocycles. The molecule has 1 atom stereocenters. The van der Waals surface area contributed by atoms with E-state index in [0.717, 1.165) is 17.8 Å². The van der Waals surface area contributed by atoms with Crippen LogP contribution in [0.4, 0.5) is 11.6 Å². The number of halogens is 1. The normalized spacial score (nSPS) is 17.4. The largest absolute Gasteiger partial charge is 0.495 e. The second-order valence-corrected chi connectivity index (χ2v) is 5.98. The third-order valence-electron chi connectivity index (χ3n) is 3.61. The van der Waals surface area contributed by atoms with E-state index >= 15 is 0 Å². The zero-order valence-electron chi connectivity index (χ0n) is 13.5. The fourth-order valence-electron chi connectivity index (χ4n) is 2.41. The molecule has 1 fully saturated rings. The molecular formula is C16H18BrN4O3. The van der Waals surface area contributed by atoms with Crippen LogP contribution >= 0.6 is 15.9 Å². The molecule has 1 aliphatic rings. The predicted octanol–water partition coefficient (Wildman–Crippen LogP) is 2.68. The van der Waals surface area contributed by atoms with Crippen molar-refractivity contribution in [1.82, 2.24) is 15.3 Å². The van der Waals surface area contributed by atoms with Crippen LogP contribution in [0.15, 0.2) is 28.9 Å². The van der Waals surface area contributed by atoms with E-state index in [9.17, 15) is 0 Å². The molecule has 7 nitrogen and oxygen atoms in total. The van der Waals surface area contributed by atoms with Gasteiger partial charge in [0.1, 0.15) is 5.75 Å². The Balaban J connectivity index is 1.82. The fraction of sp³-hybridized carbons (Fsp3) is 0.375. The molecule has 1 N–H and O–H groups in total. The van der Waals surface area contributed by atoms with Gasteiger partial charge in [-0.2, -0.15) is 4.98 Å². The molecule has 1 unspecified atom stereocenters. The molecule has 127 valence electrons. The molecule has 2 aromatic rings. The lowest BCUT2D eigenvalue weighted by atomic mass is 10.1. The topological polar surface area (TPSA) is 79.6 Å². The molecule has 0 aliphatic carbocycles. The van der Waals surface area contributed by atoms with Gasteiger partial charge in [-0.05, 0) is 33.6 Å². The van der Waals surface area contributed by atoms with Crippen molar-refractivity contribution in [3.8, 4) is 11.6 Å². The number of nitrogens with one attached hydrogen (secondary N) is 1. The lowest BCUT2D eigenvalue weighted by Gasteiger charge is -2.23. The molecule has 3 rings (SSSR count). The summed E-state index contributed by atoms with van der Waals surface area (Å²) >= 11 is 3.33. The minimum atomic E-state index is -0.0225. The molecule has 0 spiro atoms. The summed E-state index contributed by atoms with van der Waals surface area (Å²) in [4.78, 5) is 8.51. The van der Waals surface area contributed by atoms with Crippen LogP contribution in [0.2, 0.25) is 0 Å². The maximum atomic E-state index is 5.75. The van der Waals surface area contributed by atoms with Gasteiger partial charge in [0.05, 0.1) is 43.3 Å². The Kier molecular flexibility index (Phi) is 5.49. The zero-order valence-corrected chi connectivity index (χ0v) is 15.0. The van der Waals surface area contributed by atoms with Crippen molar-refractivity contribution >= 4 is 27.6 Å². The van der Waals surface area contributed by atoms with Crippen molar-refractivity contribution in [2.24, 2.45) is 0 Å². The molecule has 1 saturated heterocycles. The van der Waals surface area contributed by atoms with E-state index in [4.69, 9.17) is 14.2 Å². The molecule has 1 aromatic heterocycles. The van der Waals surface area contributed by atoms with E-state index in [2.05, 4.69) is 36.5 Å². The first-order chi connectivity index (χ1) is 11.7. The van der Waals surface area contributed by atoms with E-state index in [1.807, 2.05) is 18.2 Å². The average molecular weight is 394 g/mol. The van der Waals surface area contributed by atoms with Crippen molar-refractivity contribution in [2.75, 3.05) is 39.2 Å². The number of nitrogens with zero attached hydrogens (tertiary/aromatic N) is 3. The molecule has 24 heavy (non-hydrogen) atoms. The van der Waals surface area contributed by atoms with Crippen molar-refractivity contribution in [2.45, 2.75) is 6.10 Å². The van der Waals surface area contributed by atoms with Crippen LogP contribution < -0.4 is 20.1 Å². The van der Waals surface area contributed by atoms with Gasteiger partial charge in [-0.3, -0.25) is 0 Å². The van der Waals surface area contributed by atoms with Gasteiger partial charge in [-0.1, -0.05) is 6.07 Å². The lowest BCUT2D eigenvalue weighted by molar-refractivity contribution is 0.0260. The van der Waals surface area contributed by atoms with Crippen molar-refractivity contribution in [1.29, 1.82) is 0 Å². The second kappa shape index (κ2) is 7.78. The van der Waals surface area contributed by atoms with Gasteiger partial charge >= 0.3 is 0 Å². The minimum absolute atomic E-state index is 0.0225. The van der Waals surface area contributed by atoms with Crippen LogP contribution in [0.25, 0.3) is 0 Å². The highest BCUT2D eigenvalue weighted by Gasteiger charge is 2.18. The van der Waals surface area contributed by atoms with Crippen LogP contribution in [0.5, 0.6) is 11.6 Å². The summed E-state index contributed by atoms with van der Waals surface area (Å²) in [6, 6.07) is 5.86. The van der Waals surface area contributed by atoms with Gasteiger partial charge in [-0.15, -0.1) is 0 Å². The molecule has 8 heteroatoms. The Morgan fingerprint density at radius 1 is 1.29 bits per heavy atom. The number of hydrogen-bond donors (Lipinski definition) is 1. The summed E-state index contributed by atoms with van der Waals surface area (Å²) in [6.07, 6.45) is 1.61. The molecule has 1 radical (unpaired) electrons. The van der Waals surface area contributed by atoms with Gasteiger partial charge in [0.15, 0.2) is 0 Å². The first kappa shape index (κ1) is 16.9. The van der Waals surface area contributed by atoms with Crippen molar-refractivity contribution < 1.29 is 14.2 Å². The fourth-order valence-corrected chi connectivity index (χ4v) is 2.76. The Morgan fingerprint density at radius 2 is 2.17 bits per heavy atom. The Labute approximate surface area is 148 Å². The number of rotatable bonds is 5. The van der Waals surface area contributed by atoms with Gasteiger partial charge in [0.2, 0.25) is 11.8 Å². The van der Waals surface area contributed by atoms with Crippen molar-refractivity contribution in [3.63, 3.8) is 0 Å². The first-order valence-corrected chi connectivity index (χ1v) is 8.27. The number of ether oxygens (including phenoxy) is 3. The SMILES string of the molecule is COc1cc(C2C[N]CCO2)ccc1Nc1ncc(Br)c(OC)n1. The summed E-state index contributed by atoms with van der Waals surface area (Å²) in [5.41, 5.74) is 1.80. The highest BCUT2D eigenvalue weighted by Crippen LogP contribution is 2.32. The number of aromatic nitrogens is 2. The van der Waals surface area contributed by atoms with Crippen molar-refractivity contribution in [3.05, 3.63) is 34.4 Å². The quantitative estimate of drug-likeness (QED) is 0.840. The van der Waals surface area contributed by atoms with Crippen LogP contribution in [-0.4, -0.2) is 43.9 Å². The minimum Gasteiger partial charge on any atom is -0.495 e. The second-order valence-electron chi connectivity index (χ2n) is 5.12. The number of methoxy groups -OCH3 is 2. The monoisotopic (exact) mass is 393 g/mol. The Hall–Kier alpha value is -1.90. The lowest BCUT2D eigenvalue weighted by Crippen LogP contribution is -2.28. The van der Waals surface area contributed by atoms with E-state index in [-0.39, 0.29) is 6.10 Å². The summed E-state index contributed by atoms with van der Waals surface area (Å²) in [5, 5.41) is 7.53. The molecule has 1 aromatic carbocycles. The summed E-state index contributed by atoms with van der Waals surface area (Å²) in [5.74, 6) is 1.57. The van der Waals surface area contributed by atoms with Gasteiger partial charge in [0.25, 0.3) is 0 Å². The predicted molar refractivity (Wildman–Crippen MR) is 93.1 cm³/mol. The first-order valence-electron chi connectivity index (χ1n) is 7.47. The molecular weight excluding hydrogens is 376 g/mol. The van der Waals surface area contributed by atoms with Gasteiger partial charge < -0.3 is 19.5 Å². The number of benzene rings is 1. The van der Waals surface area contributed by atoms with E-state index in [1.54, 1.807) is 20.4 Å². The van der Waals surface area contributed by atoms with Gasteiger partial charge in [0, 0.05) is 13.1 Å². The maximum absolute atomic E-state index is 5.75. The Morgan fingerprint density at radius 3 is 2.88 bits per heavy atom. The summed E-state index contributed by atoms with van der Waals surface area (Å²) in [6.45, 7) is 2.08. The summed E-state index contributed by atoms with van der Waals surface area (Å²) < 4.78 is 17.1. The average Bonchev–Trinajstić information content (AvgIpc) is 2.64. The van der Waals surface area contributed by atoms with E-state index in [0.29, 0.717) is 35.2 Å². The highest BCUT2D eigenvalue weighted by molar-refractivity contribution is 9.10. The standard InChI is InChI=1S/C16H18BrN4O3/c1-22-13-7-10(14-9-18-5-6-24-14)3-4-12(13)20-16-19-8-11(17)15(21-16)23-2/h3-4,7-8,14H,5-6,9H2,1-2H3,(H,19,20,21). The van der Waals surface area contributed by atoms with Gasteiger partial charge in [-0.25, -0.2) is 10.3 Å². The number of morpholine rings is 1. The molecule has 0 saturated carbocycles. The number of anilines is 2. The molecule has 0 amide bonds. The Bertz CT molecular complexity index is 708. The summed E-state index contributed by atoms with van der Waals surface area (Å²) in [7, 11) is 3.18. The van der Waals surface area contributed by atoms with Crippen LogP contribution in [-0.2, 0) is 4.74 Å². The third kappa shape index (κ3) is 3.77.